The van der Waals surface area contributed by atoms with Crippen LogP contribution in [0.1, 0.15) is 0 Å². The molecule has 0 aliphatic heterocycles. The lowest BCUT2D eigenvalue weighted by Gasteiger charge is -2.05. The van der Waals surface area contributed by atoms with Gasteiger partial charge in [0.1, 0.15) is 11.6 Å². The Morgan fingerprint density at radius 3 is 2.79 bits per heavy atom. The SMILES string of the molecule is CNC(=O)CNc1cc(N)nc(N)n1. The number of nitrogens with zero attached hydrogens (tertiary/aromatic N) is 2. The van der Waals surface area contributed by atoms with Gasteiger partial charge in [0.25, 0.3) is 0 Å². The van der Waals surface area contributed by atoms with E-state index in [0.717, 1.165) is 0 Å². The lowest BCUT2D eigenvalue weighted by atomic mass is 10.5. The molecule has 0 fully saturated rings. The number of nitrogens with two attached hydrogens (primary N) is 2. The van der Waals surface area contributed by atoms with Crippen LogP contribution >= 0.6 is 0 Å². The van der Waals surface area contributed by atoms with Gasteiger partial charge in [0.05, 0.1) is 6.54 Å². The molecular weight excluding hydrogens is 184 g/mol. The molecule has 1 amide bonds. The number of rotatable bonds is 3. The minimum atomic E-state index is -0.152. The predicted molar refractivity (Wildman–Crippen MR) is 53.4 cm³/mol. The number of anilines is 3. The molecular formula is C7H12N6O. The first kappa shape index (κ1) is 10.0. The molecule has 1 rings (SSSR count). The van der Waals surface area contributed by atoms with Crippen molar-refractivity contribution in [3.05, 3.63) is 6.07 Å². The summed E-state index contributed by atoms with van der Waals surface area (Å²) in [5.74, 6) is 0.612. The summed E-state index contributed by atoms with van der Waals surface area (Å²) >= 11 is 0. The molecule has 6 N–H and O–H groups in total. The molecule has 76 valence electrons. The van der Waals surface area contributed by atoms with E-state index >= 15 is 0 Å². The Bertz CT molecular complexity index is 319. The van der Waals surface area contributed by atoms with Gasteiger partial charge >= 0.3 is 0 Å². The van der Waals surface area contributed by atoms with E-state index in [1.807, 2.05) is 0 Å². The highest BCUT2D eigenvalue weighted by molar-refractivity contribution is 5.80. The third-order valence-electron chi connectivity index (χ3n) is 1.47. The largest absolute Gasteiger partial charge is 0.383 e. The molecule has 0 aliphatic rings. The molecule has 0 unspecified atom stereocenters. The molecule has 1 heterocycles. The summed E-state index contributed by atoms with van der Waals surface area (Å²) in [6.45, 7) is 0.117. The van der Waals surface area contributed by atoms with Crippen LogP contribution in [0.3, 0.4) is 0 Å². The highest BCUT2D eigenvalue weighted by atomic mass is 16.1. The summed E-state index contributed by atoms with van der Waals surface area (Å²) in [7, 11) is 1.55. The van der Waals surface area contributed by atoms with Crippen molar-refractivity contribution in [2.75, 3.05) is 30.4 Å². The van der Waals surface area contributed by atoms with Crippen molar-refractivity contribution in [3.8, 4) is 0 Å². The first-order chi connectivity index (χ1) is 6.61. The third-order valence-corrected chi connectivity index (χ3v) is 1.47. The average Bonchev–Trinajstić information content (AvgIpc) is 2.12. The average molecular weight is 196 g/mol. The van der Waals surface area contributed by atoms with E-state index in [1.54, 1.807) is 7.05 Å². The maximum atomic E-state index is 10.9. The molecule has 1 aromatic heterocycles. The van der Waals surface area contributed by atoms with Gasteiger partial charge in [0.15, 0.2) is 0 Å². The van der Waals surface area contributed by atoms with Crippen molar-refractivity contribution < 1.29 is 4.79 Å². The third kappa shape index (κ3) is 2.77. The van der Waals surface area contributed by atoms with Crippen LogP contribution in [0.4, 0.5) is 17.6 Å². The second kappa shape index (κ2) is 4.26. The molecule has 0 atom stereocenters. The quantitative estimate of drug-likeness (QED) is 0.482. The van der Waals surface area contributed by atoms with E-state index in [4.69, 9.17) is 11.5 Å². The fourth-order valence-corrected chi connectivity index (χ4v) is 0.835. The number of hydrogen-bond acceptors (Lipinski definition) is 6. The number of nitrogens with one attached hydrogen (secondary N) is 2. The van der Waals surface area contributed by atoms with Gasteiger partial charge in [0.2, 0.25) is 11.9 Å². The van der Waals surface area contributed by atoms with E-state index in [9.17, 15) is 4.79 Å². The van der Waals surface area contributed by atoms with Gasteiger partial charge in [-0.1, -0.05) is 0 Å². The molecule has 0 radical (unpaired) electrons. The Morgan fingerprint density at radius 2 is 2.21 bits per heavy atom. The zero-order chi connectivity index (χ0) is 10.6. The summed E-state index contributed by atoms with van der Waals surface area (Å²) in [6.07, 6.45) is 0. The van der Waals surface area contributed by atoms with Gasteiger partial charge < -0.3 is 22.1 Å². The maximum absolute atomic E-state index is 10.9. The fourth-order valence-electron chi connectivity index (χ4n) is 0.835. The normalized spacial score (nSPS) is 9.50. The number of nitrogen functional groups attached to an aromatic ring is 2. The van der Waals surface area contributed by atoms with Gasteiger partial charge in [-0.3, -0.25) is 4.79 Å². The molecule has 0 saturated heterocycles. The zero-order valence-corrected chi connectivity index (χ0v) is 7.74. The second-order valence-corrected chi connectivity index (χ2v) is 2.56. The summed E-state index contributed by atoms with van der Waals surface area (Å²) in [6, 6.07) is 1.50. The molecule has 7 heteroatoms. The van der Waals surface area contributed by atoms with Crippen LogP contribution in [0.2, 0.25) is 0 Å². The summed E-state index contributed by atoms with van der Waals surface area (Å²) in [4.78, 5) is 18.4. The van der Waals surface area contributed by atoms with Crippen LogP contribution in [-0.4, -0.2) is 29.5 Å². The Kier molecular flexibility index (Phi) is 3.05. The Morgan fingerprint density at radius 1 is 1.50 bits per heavy atom. The number of aromatic nitrogens is 2. The Labute approximate surface area is 80.9 Å². The van der Waals surface area contributed by atoms with E-state index in [1.165, 1.54) is 6.07 Å². The van der Waals surface area contributed by atoms with Gasteiger partial charge in [-0.25, -0.2) is 0 Å². The highest BCUT2D eigenvalue weighted by Crippen LogP contribution is 2.08. The zero-order valence-electron chi connectivity index (χ0n) is 7.74. The molecule has 1 aromatic rings. The van der Waals surface area contributed by atoms with E-state index in [0.29, 0.717) is 5.82 Å². The summed E-state index contributed by atoms with van der Waals surface area (Å²) in [5.41, 5.74) is 10.8. The number of amides is 1. The Hall–Kier alpha value is -2.05. The fraction of sp³-hybridized carbons (Fsp3) is 0.286. The van der Waals surface area contributed by atoms with E-state index < -0.39 is 0 Å². The van der Waals surface area contributed by atoms with Crippen molar-refractivity contribution in [3.63, 3.8) is 0 Å². The lowest BCUT2D eigenvalue weighted by Crippen LogP contribution is -2.26. The van der Waals surface area contributed by atoms with Gasteiger partial charge in [-0.15, -0.1) is 0 Å². The van der Waals surface area contributed by atoms with Crippen LogP contribution in [0.15, 0.2) is 6.07 Å². The van der Waals surface area contributed by atoms with Crippen LogP contribution in [0.25, 0.3) is 0 Å². The molecule has 7 nitrogen and oxygen atoms in total. The molecule has 0 saturated carbocycles. The van der Waals surface area contributed by atoms with Crippen molar-refractivity contribution >= 4 is 23.5 Å². The minimum Gasteiger partial charge on any atom is -0.383 e. The van der Waals surface area contributed by atoms with Gasteiger partial charge in [0, 0.05) is 13.1 Å². The number of carbonyl (C=O) groups excluding carboxylic acids is 1. The Balaban J connectivity index is 2.63. The molecule has 0 aliphatic carbocycles. The first-order valence-electron chi connectivity index (χ1n) is 3.96. The van der Waals surface area contributed by atoms with E-state index in [-0.39, 0.29) is 24.2 Å². The predicted octanol–water partition coefficient (Wildman–Crippen LogP) is -1.20. The monoisotopic (exact) mass is 196 g/mol. The minimum absolute atomic E-state index is 0.0735. The highest BCUT2D eigenvalue weighted by Gasteiger charge is 2.01. The number of hydrogen-bond donors (Lipinski definition) is 4. The number of carbonyl (C=O) groups is 1. The smallest absolute Gasteiger partial charge is 0.239 e. The molecule has 0 spiro atoms. The first-order valence-corrected chi connectivity index (χ1v) is 3.96. The van der Waals surface area contributed by atoms with Crippen LogP contribution in [0, 0.1) is 0 Å². The molecule has 14 heavy (non-hydrogen) atoms. The van der Waals surface area contributed by atoms with Crippen LogP contribution in [-0.2, 0) is 4.79 Å². The van der Waals surface area contributed by atoms with Gasteiger partial charge in [-0.05, 0) is 0 Å². The van der Waals surface area contributed by atoms with Crippen LogP contribution < -0.4 is 22.1 Å². The summed E-state index contributed by atoms with van der Waals surface area (Å²) in [5, 5.41) is 5.21. The van der Waals surface area contributed by atoms with Crippen molar-refractivity contribution in [1.82, 2.24) is 15.3 Å². The lowest BCUT2D eigenvalue weighted by molar-refractivity contribution is -0.118. The van der Waals surface area contributed by atoms with Gasteiger partial charge in [-0.2, -0.15) is 9.97 Å². The topological polar surface area (TPSA) is 119 Å². The van der Waals surface area contributed by atoms with Crippen LogP contribution in [0.5, 0.6) is 0 Å². The van der Waals surface area contributed by atoms with Crippen molar-refractivity contribution in [2.45, 2.75) is 0 Å². The maximum Gasteiger partial charge on any atom is 0.239 e. The summed E-state index contributed by atoms with van der Waals surface area (Å²) < 4.78 is 0. The number of likely N-dealkylation sites (N-methyl/N-ethyl adjacent to an activating group) is 1. The second-order valence-electron chi connectivity index (χ2n) is 2.56. The molecule has 0 aromatic carbocycles. The van der Waals surface area contributed by atoms with Crippen molar-refractivity contribution in [1.29, 1.82) is 0 Å². The van der Waals surface area contributed by atoms with Crippen molar-refractivity contribution in [2.24, 2.45) is 0 Å². The standard InChI is InChI=1S/C7H12N6O/c1-10-6(14)3-11-5-2-4(8)12-7(9)13-5/h2H,3H2,1H3,(H,10,14)(H5,8,9,11,12,13). The molecule has 0 bridgehead atoms. The van der Waals surface area contributed by atoms with E-state index in [2.05, 4.69) is 20.6 Å².